The van der Waals surface area contributed by atoms with E-state index in [0.717, 1.165) is 6.26 Å². The van der Waals surface area contributed by atoms with Gasteiger partial charge in [-0.3, -0.25) is 4.79 Å². The van der Waals surface area contributed by atoms with Gasteiger partial charge in [-0.1, -0.05) is 0 Å². The third-order valence-corrected chi connectivity index (χ3v) is 0.735. The van der Waals surface area contributed by atoms with Crippen LogP contribution in [0.15, 0.2) is 11.8 Å². The van der Waals surface area contributed by atoms with Crippen molar-refractivity contribution in [1.82, 2.24) is 0 Å². The van der Waals surface area contributed by atoms with Crippen LogP contribution in [0.1, 0.15) is 6.92 Å². The second kappa shape index (κ2) is 3.67. The molecule has 0 aliphatic heterocycles. The zero-order chi connectivity index (χ0) is 7.28. The molecule has 0 N–H and O–H groups in total. The Kier molecular flexibility index (Phi) is 3.14. The summed E-state index contributed by atoms with van der Waals surface area (Å²) in [5.41, 5.74) is 0.0394. The quantitative estimate of drug-likeness (QED) is 0.309. The average Bonchev–Trinajstić information content (AvgIpc) is 1.82. The highest BCUT2D eigenvalue weighted by Crippen LogP contribution is 1.92. The highest BCUT2D eigenvalue weighted by molar-refractivity contribution is 5.96. The molecule has 0 unspecified atom stereocenters. The van der Waals surface area contributed by atoms with Crippen LogP contribution in [0.3, 0.4) is 0 Å². The summed E-state index contributed by atoms with van der Waals surface area (Å²) in [6.45, 7) is 1.31. The van der Waals surface area contributed by atoms with Crippen molar-refractivity contribution in [2.75, 3.05) is 7.11 Å². The third-order valence-electron chi connectivity index (χ3n) is 0.735. The van der Waals surface area contributed by atoms with Crippen molar-refractivity contribution in [1.29, 1.82) is 5.26 Å². The molecule has 48 valence electrons. The Morgan fingerprint density at radius 1 is 1.78 bits per heavy atom. The maximum Gasteiger partial charge on any atom is 0.173 e. The fourth-order valence-corrected chi connectivity index (χ4v) is 0.306. The smallest absolute Gasteiger partial charge is 0.173 e. The van der Waals surface area contributed by atoms with Crippen molar-refractivity contribution in [3.8, 4) is 6.07 Å². The summed E-state index contributed by atoms with van der Waals surface area (Å²) in [7, 11) is 1.39. The molecular formula is C6H7NO2. The molecule has 0 aliphatic rings. The van der Waals surface area contributed by atoms with E-state index in [1.54, 1.807) is 6.07 Å². The number of methoxy groups -OCH3 is 1. The molecule has 0 amide bonds. The van der Waals surface area contributed by atoms with Crippen LogP contribution < -0.4 is 0 Å². The summed E-state index contributed by atoms with van der Waals surface area (Å²) < 4.78 is 4.45. The van der Waals surface area contributed by atoms with Gasteiger partial charge in [0.05, 0.1) is 7.11 Å². The van der Waals surface area contributed by atoms with Crippen LogP contribution in [-0.4, -0.2) is 12.9 Å². The molecule has 9 heavy (non-hydrogen) atoms. The Hall–Kier alpha value is -1.30. The van der Waals surface area contributed by atoms with Crippen molar-refractivity contribution in [2.24, 2.45) is 0 Å². The van der Waals surface area contributed by atoms with Gasteiger partial charge in [0.1, 0.15) is 17.9 Å². The minimum atomic E-state index is -0.278. The van der Waals surface area contributed by atoms with Gasteiger partial charge < -0.3 is 4.74 Å². The maximum atomic E-state index is 10.4. The molecule has 0 saturated carbocycles. The molecule has 3 nitrogen and oxygen atoms in total. The van der Waals surface area contributed by atoms with Crippen LogP contribution in [-0.2, 0) is 9.53 Å². The van der Waals surface area contributed by atoms with E-state index in [2.05, 4.69) is 4.74 Å². The lowest BCUT2D eigenvalue weighted by molar-refractivity contribution is -0.113. The average molecular weight is 125 g/mol. The van der Waals surface area contributed by atoms with Crippen LogP contribution >= 0.6 is 0 Å². The third kappa shape index (κ3) is 2.50. The van der Waals surface area contributed by atoms with E-state index in [1.807, 2.05) is 0 Å². The van der Waals surface area contributed by atoms with E-state index >= 15 is 0 Å². The first kappa shape index (κ1) is 7.70. The molecule has 0 heterocycles. The number of allylic oxidation sites excluding steroid dienone is 1. The minimum Gasteiger partial charge on any atom is -0.503 e. The number of ether oxygens (including phenoxy) is 1. The summed E-state index contributed by atoms with van der Waals surface area (Å²) in [4.78, 5) is 10.4. The number of nitrogens with zero attached hydrogens (tertiary/aromatic N) is 1. The zero-order valence-corrected chi connectivity index (χ0v) is 5.34. The molecule has 0 aromatic carbocycles. The largest absolute Gasteiger partial charge is 0.503 e. The summed E-state index contributed by atoms with van der Waals surface area (Å²) in [5, 5.41) is 8.21. The second-order valence-electron chi connectivity index (χ2n) is 1.44. The molecule has 0 rings (SSSR count). The number of nitriles is 1. The van der Waals surface area contributed by atoms with Crippen molar-refractivity contribution in [3.63, 3.8) is 0 Å². The van der Waals surface area contributed by atoms with E-state index in [-0.39, 0.29) is 11.4 Å². The van der Waals surface area contributed by atoms with Gasteiger partial charge in [-0.25, -0.2) is 0 Å². The first-order chi connectivity index (χ1) is 4.22. The maximum absolute atomic E-state index is 10.4. The molecule has 0 aromatic rings. The zero-order valence-electron chi connectivity index (χ0n) is 5.34. The van der Waals surface area contributed by atoms with Crippen LogP contribution in [0, 0.1) is 11.3 Å². The van der Waals surface area contributed by atoms with Crippen LogP contribution in [0.2, 0.25) is 0 Å². The van der Waals surface area contributed by atoms with Crippen LogP contribution in [0.4, 0.5) is 0 Å². The number of ketones is 1. The van der Waals surface area contributed by atoms with Gasteiger partial charge in [0.25, 0.3) is 0 Å². The Labute approximate surface area is 53.5 Å². The normalized spacial score (nSPS) is 10.1. The summed E-state index contributed by atoms with van der Waals surface area (Å²) in [6.07, 6.45) is 1.13. The van der Waals surface area contributed by atoms with E-state index in [4.69, 9.17) is 5.26 Å². The van der Waals surface area contributed by atoms with Gasteiger partial charge in [-0.2, -0.15) is 5.26 Å². The standard InChI is InChI=1S/C6H7NO2/c1-5(8)6(3-7)4-9-2/h4H,1-2H3. The predicted octanol–water partition coefficient (Wildman–Crippen LogP) is 0.629. The summed E-state index contributed by atoms with van der Waals surface area (Å²) in [6, 6.07) is 1.69. The topological polar surface area (TPSA) is 50.1 Å². The molecule has 0 saturated heterocycles. The lowest BCUT2D eigenvalue weighted by atomic mass is 10.2. The van der Waals surface area contributed by atoms with Gasteiger partial charge in [0, 0.05) is 0 Å². The summed E-state index contributed by atoms with van der Waals surface area (Å²) in [5.74, 6) is -0.278. The van der Waals surface area contributed by atoms with E-state index in [9.17, 15) is 4.79 Å². The number of Topliss-reactive ketones (excluding diaryl/α,β-unsaturated/α-hetero) is 1. The lowest BCUT2D eigenvalue weighted by Crippen LogP contribution is -1.93. The molecule has 0 radical (unpaired) electrons. The lowest BCUT2D eigenvalue weighted by Gasteiger charge is -1.87. The van der Waals surface area contributed by atoms with Gasteiger partial charge in [-0.05, 0) is 6.92 Å². The number of hydrogen-bond donors (Lipinski definition) is 0. The molecule has 0 atom stereocenters. The van der Waals surface area contributed by atoms with Crippen molar-refractivity contribution in [3.05, 3.63) is 11.8 Å². The number of carbonyl (C=O) groups is 1. The monoisotopic (exact) mass is 125 g/mol. The molecule has 0 bridgehead atoms. The fraction of sp³-hybridized carbons (Fsp3) is 0.333. The first-order valence-corrected chi connectivity index (χ1v) is 2.36. The second-order valence-corrected chi connectivity index (χ2v) is 1.44. The van der Waals surface area contributed by atoms with Gasteiger partial charge in [0.15, 0.2) is 5.78 Å². The number of carbonyl (C=O) groups excluding carboxylic acids is 1. The Balaban J connectivity index is 4.20. The molecular weight excluding hydrogens is 118 g/mol. The highest BCUT2D eigenvalue weighted by atomic mass is 16.5. The Morgan fingerprint density at radius 3 is 2.44 bits per heavy atom. The van der Waals surface area contributed by atoms with E-state index < -0.39 is 0 Å². The first-order valence-electron chi connectivity index (χ1n) is 2.36. The van der Waals surface area contributed by atoms with Gasteiger partial charge in [-0.15, -0.1) is 0 Å². The predicted molar refractivity (Wildman–Crippen MR) is 31.4 cm³/mol. The molecule has 0 aliphatic carbocycles. The van der Waals surface area contributed by atoms with Gasteiger partial charge in [0.2, 0.25) is 0 Å². The number of rotatable bonds is 2. The Morgan fingerprint density at radius 2 is 2.33 bits per heavy atom. The van der Waals surface area contributed by atoms with Crippen molar-refractivity contribution >= 4 is 5.78 Å². The van der Waals surface area contributed by atoms with Crippen molar-refractivity contribution in [2.45, 2.75) is 6.92 Å². The van der Waals surface area contributed by atoms with E-state index in [1.165, 1.54) is 14.0 Å². The number of hydrogen-bond acceptors (Lipinski definition) is 3. The van der Waals surface area contributed by atoms with Crippen molar-refractivity contribution < 1.29 is 9.53 Å². The van der Waals surface area contributed by atoms with Crippen LogP contribution in [0.5, 0.6) is 0 Å². The molecule has 0 spiro atoms. The molecule has 0 fully saturated rings. The minimum absolute atomic E-state index is 0.0394. The molecule has 3 heteroatoms. The summed E-state index contributed by atoms with van der Waals surface area (Å²) >= 11 is 0. The SMILES string of the molecule is COC=C(C#N)C(C)=O. The van der Waals surface area contributed by atoms with Crippen LogP contribution in [0.25, 0.3) is 0 Å². The van der Waals surface area contributed by atoms with E-state index in [0.29, 0.717) is 0 Å². The highest BCUT2D eigenvalue weighted by Gasteiger charge is 1.99. The fourth-order valence-electron chi connectivity index (χ4n) is 0.306. The Bertz CT molecular complexity index is 176. The van der Waals surface area contributed by atoms with Gasteiger partial charge >= 0.3 is 0 Å². The molecule has 0 aromatic heterocycles.